The number of rotatable bonds is 5. The van der Waals surface area contributed by atoms with E-state index in [0.717, 1.165) is 45.0 Å². The zero-order valence-corrected chi connectivity index (χ0v) is 19.9. The molecule has 1 aliphatic heterocycles. The predicted molar refractivity (Wildman–Crippen MR) is 132 cm³/mol. The summed E-state index contributed by atoms with van der Waals surface area (Å²) in [6, 6.07) is 13.6. The molecule has 0 radical (unpaired) electrons. The van der Waals surface area contributed by atoms with Crippen LogP contribution >= 0.6 is 11.3 Å². The van der Waals surface area contributed by atoms with Crippen LogP contribution in [-0.2, 0) is 0 Å². The molecule has 8 heteroatoms. The summed E-state index contributed by atoms with van der Waals surface area (Å²) >= 11 is 1.56. The molecule has 172 valence electrons. The van der Waals surface area contributed by atoms with Crippen molar-refractivity contribution in [2.45, 2.75) is 26.3 Å². The van der Waals surface area contributed by atoms with Gasteiger partial charge in [0, 0.05) is 18.7 Å². The number of H-pyrrole nitrogens is 1. The van der Waals surface area contributed by atoms with Gasteiger partial charge in [-0.1, -0.05) is 29.8 Å². The summed E-state index contributed by atoms with van der Waals surface area (Å²) in [6.45, 7) is 5.16. The molecule has 0 unspecified atom stereocenters. The average molecular weight is 472 g/mol. The van der Waals surface area contributed by atoms with E-state index in [1.165, 1.54) is 0 Å². The molecule has 1 saturated heterocycles. The number of carbonyl (C=O) groups is 2. The van der Waals surface area contributed by atoms with E-state index in [1.807, 2.05) is 30.0 Å². The van der Waals surface area contributed by atoms with E-state index in [2.05, 4.69) is 39.3 Å². The van der Waals surface area contributed by atoms with Crippen molar-refractivity contribution < 1.29 is 9.59 Å². The van der Waals surface area contributed by atoms with Gasteiger partial charge in [-0.05, 0) is 55.9 Å². The highest BCUT2D eigenvalue weighted by atomic mass is 32.1. The Labute approximate surface area is 201 Å². The molecule has 2 N–H and O–H groups in total. The van der Waals surface area contributed by atoms with Crippen LogP contribution in [0.15, 0.2) is 48.8 Å². The van der Waals surface area contributed by atoms with E-state index < -0.39 is 0 Å². The Hall–Kier alpha value is -3.52. The van der Waals surface area contributed by atoms with Gasteiger partial charge in [0.1, 0.15) is 5.69 Å². The van der Waals surface area contributed by atoms with Crippen molar-refractivity contribution in [1.29, 1.82) is 0 Å². The average Bonchev–Trinajstić information content (AvgIpc) is 3.15. The number of aromatic amines is 1. The molecule has 2 amide bonds. The fourth-order valence-corrected chi connectivity index (χ4v) is 6.04. The molecule has 2 aromatic heterocycles. The van der Waals surface area contributed by atoms with Gasteiger partial charge in [0.15, 0.2) is 0 Å². The minimum atomic E-state index is -0.141. The smallest absolute Gasteiger partial charge is 0.274 e. The van der Waals surface area contributed by atoms with Crippen LogP contribution in [0.25, 0.3) is 21.5 Å². The summed E-state index contributed by atoms with van der Waals surface area (Å²) in [5, 5.41) is 3.94. The molecule has 3 atom stereocenters. The lowest BCUT2D eigenvalue weighted by molar-refractivity contribution is 0.0690. The number of nitrogens with zero attached hydrogens (tertiary/aromatic N) is 3. The van der Waals surface area contributed by atoms with Crippen molar-refractivity contribution in [3.63, 3.8) is 0 Å². The van der Waals surface area contributed by atoms with Gasteiger partial charge in [-0.15, -0.1) is 11.3 Å². The van der Waals surface area contributed by atoms with E-state index in [4.69, 9.17) is 0 Å². The van der Waals surface area contributed by atoms with Crippen LogP contribution in [0.3, 0.4) is 0 Å². The second-order valence-electron chi connectivity index (χ2n) is 9.31. The number of hydrogen-bond donors (Lipinski definition) is 2. The van der Waals surface area contributed by atoms with E-state index in [9.17, 15) is 9.59 Å². The lowest BCUT2D eigenvalue weighted by atomic mass is 10.1. The Balaban J connectivity index is 1.21. The highest BCUT2D eigenvalue weighted by Gasteiger charge is 2.54. The number of benzene rings is 2. The number of fused-ring (bicyclic) bond motifs is 2. The third-order valence-corrected chi connectivity index (χ3v) is 7.95. The summed E-state index contributed by atoms with van der Waals surface area (Å²) in [5.74, 6) is 0.792. The van der Waals surface area contributed by atoms with E-state index in [1.54, 1.807) is 29.8 Å². The van der Waals surface area contributed by atoms with Crippen LogP contribution in [0, 0.1) is 25.7 Å². The van der Waals surface area contributed by atoms with E-state index in [-0.39, 0.29) is 17.9 Å². The number of amides is 2. The van der Waals surface area contributed by atoms with Crippen LogP contribution in [0.5, 0.6) is 0 Å². The second-order valence-corrected chi connectivity index (χ2v) is 10.5. The Morgan fingerprint density at radius 2 is 2.09 bits per heavy atom. The standard InChI is InChI=1S/C26H25N5O2S/c1-14-4-3-5-16(8-14)24-23(30-15(2)34-24)26(33)31-12-18-9-19(18)22(31)11-27-25(32)17-6-7-20-21(10-17)29-13-28-20/h3-8,10,13,18-19,22H,9,11-12H2,1-2H3,(H,27,32)(H,28,29)/t18-,19-,22-/m1/s1. The Morgan fingerprint density at radius 1 is 1.21 bits per heavy atom. The summed E-state index contributed by atoms with van der Waals surface area (Å²) in [6.07, 6.45) is 2.73. The molecule has 1 aliphatic carbocycles. The number of aryl methyl sites for hydroxylation is 2. The summed E-state index contributed by atoms with van der Waals surface area (Å²) in [5.41, 5.74) is 4.94. The van der Waals surface area contributed by atoms with Gasteiger partial charge in [0.2, 0.25) is 0 Å². The molecule has 1 saturated carbocycles. The number of nitrogens with one attached hydrogen (secondary N) is 2. The summed E-state index contributed by atoms with van der Waals surface area (Å²) in [4.78, 5) is 41.3. The van der Waals surface area contributed by atoms with Gasteiger partial charge in [0.25, 0.3) is 11.8 Å². The first-order chi connectivity index (χ1) is 16.5. The van der Waals surface area contributed by atoms with Gasteiger partial charge in [0.05, 0.1) is 33.3 Å². The fraction of sp³-hybridized carbons (Fsp3) is 0.308. The van der Waals surface area contributed by atoms with Gasteiger partial charge >= 0.3 is 0 Å². The highest BCUT2D eigenvalue weighted by Crippen LogP contribution is 2.50. The van der Waals surface area contributed by atoms with Gasteiger partial charge in [-0.2, -0.15) is 0 Å². The van der Waals surface area contributed by atoms with Gasteiger partial charge in [-0.3, -0.25) is 9.59 Å². The van der Waals surface area contributed by atoms with Crippen molar-refractivity contribution in [3.8, 4) is 10.4 Å². The van der Waals surface area contributed by atoms with E-state index in [0.29, 0.717) is 29.6 Å². The van der Waals surface area contributed by atoms with Crippen molar-refractivity contribution in [2.24, 2.45) is 11.8 Å². The molecular formula is C26H25N5O2S. The number of aromatic nitrogens is 3. The van der Waals surface area contributed by atoms with Gasteiger partial charge < -0.3 is 15.2 Å². The summed E-state index contributed by atoms with van der Waals surface area (Å²) in [7, 11) is 0. The molecule has 34 heavy (non-hydrogen) atoms. The molecular weight excluding hydrogens is 446 g/mol. The molecule has 7 nitrogen and oxygen atoms in total. The highest BCUT2D eigenvalue weighted by molar-refractivity contribution is 7.15. The number of likely N-dealkylation sites (tertiary alicyclic amines) is 1. The Morgan fingerprint density at radius 3 is 2.94 bits per heavy atom. The molecule has 2 fully saturated rings. The molecule has 4 aromatic rings. The fourth-order valence-electron chi connectivity index (χ4n) is 5.13. The first kappa shape index (κ1) is 21.0. The van der Waals surface area contributed by atoms with Crippen molar-refractivity contribution in [2.75, 3.05) is 13.1 Å². The Bertz CT molecular complexity index is 1420. The van der Waals surface area contributed by atoms with Crippen LogP contribution in [0.2, 0.25) is 0 Å². The lowest BCUT2D eigenvalue weighted by Crippen LogP contribution is -2.45. The lowest BCUT2D eigenvalue weighted by Gasteiger charge is -2.27. The van der Waals surface area contributed by atoms with Crippen molar-refractivity contribution >= 4 is 34.2 Å². The zero-order valence-electron chi connectivity index (χ0n) is 19.0. The molecule has 3 heterocycles. The SMILES string of the molecule is Cc1cccc(-c2sc(C)nc2C(=O)N2C[C@H]3C[C@H]3[C@H]2CNC(=O)c2ccc3nc[nH]c3c2)c1. The maximum atomic E-state index is 13.7. The van der Waals surface area contributed by atoms with Crippen molar-refractivity contribution in [1.82, 2.24) is 25.2 Å². The quantitative estimate of drug-likeness (QED) is 0.457. The maximum absolute atomic E-state index is 13.7. The first-order valence-corrected chi connectivity index (χ1v) is 12.4. The predicted octanol–water partition coefficient (Wildman–Crippen LogP) is 4.19. The molecule has 0 bridgehead atoms. The molecule has 2 aliphatic rings. The number of carbonyl (C=O) groups excluding carboxylic acids is 2. The normalized spacial score (nSPS) is 21.0. The second kappa shape index (κ2) is 8.06. The largest absolute Gasteiger partial charge is 0.350 e. The number of hydrogen-bond acceptors (Lipinski definition) is 5. The van der Waals surface area contributed by atoms with Crippen LogP contribution in [0.4, 0.5) is 0 Å². The molecule has 2 aromatic carbocycles. The zero-order chi connectivity index (χ0) is 23.4. The third-order valence-electron chi connectivity index (χ3n) is 6.94. The third kappa shape index (κ3) is 3.68. The minimum Gasteiger partial charge on any atom is -0.350 e. The Kier molecular flexibility index (Phi) is 4.99. The number of thiazole rings is 1. The topological polar surface area (TPSA) is 91.0 Å². The first-order valence-electron chi connectivity index (χ1n) is 11.5. The molecule has 0 spiro atoms. The number of piperidine rings is 1. The van der Waals surface area contributed by atoms with Crippen LogP contribution < -0.4 is 5.32 Å². The summed E-state index contributed by atoms with van der Waals surface area (Å²) < 4.78 is 0. The number of imidazole rings is 1. The minimum absolute atomic E-state index is 0.00954. The van der Waals surface area contributed by atoms with Crippen LogP contribution in [0.1, 0.15) is 37.8 Å². The maximum Gasteiger partial charge on any atom is 0.274 e. The molecule has 6 rings (SSSR count). The van der Waals surface area contributed by atoms with Crippen LogP contribution in [-0.4, -0.2) is 50.8 Å². The monoisotopic (exact) mass is 471 g/mol. The van der Waals surface area contributed by atoms with E-state index >= 15 is 0 Å². The van der Waals surface area contributed by atoms with Crippen molar-refractivity contribution in [3.05, 3.63) is 70.6 Å². The van der Waals surface area contributed by atoms with Gasteiger partial charge in [-0.25, -0.2) is 9.97 Å².